The van der Waals surface area contributed by atoms with E-state index in [0.29, 0.717) is 11.5 Å². The molecule has 0 saturated heterocycles. The Bertz CT molecular complexity index is 594. The summed E-state index contributed by atoms with van der Waals surface area (Å²) in [5, 5.41) is 4.69. The first-order chi connectivity index (χ1) is 10.2. The maximum atomic E-state index is 11.9. The molecule has 4 nitrogen and oxygen atoms in total. The standard InChI is InChI=1S/C15H15NO3S2/c1-2-19-14(17)10-21-12-7-5-11(6-8-12)16-15(18)13-4-3-9-20-13/h3-9H,2,10H2,1H3,(H,16,18). The van der Waals surface area contributed by atoms with Gasteiger partial charge in [-0.3, -0.25) is 9.59 Å². The molecule has 0 atom stereocenters. The molecule has 21 heavy (non-hydrogen) atoms. The highest BCUT2D eigenvalue weighted by atomic mass is 32.2. The monoisotopic (exact) mass is 321 g/mol. The van der Waals surface area contributed by atoms with Gasteiger partial charge in [0.2, 0.25) is 0 Å². The van der Waals surface area contributed by atoms with Gasteiger partial charge in [0.1, 0.15) is 0 Å². The number of anilines is 1. The quantitative estimate of drug-likeness (QED) is 0.652. The zero-order valence-corrected chi connectivity index (χ0v) is 13.1. The highest BCUT2D eigenvalue weighted by Crippen LogP contribution is 2.21. The van der Waals surface area contributed by atoms with Crippen molar-refractivity contribution < 1.29 is 14.3 Å². The zero-order chi connectivity index (χ0) is 15.1. The number of thioether (sulfide) groups is 1. The molecule has 0 saturated carbocycles. The Labute approximate surface area is 131 Å². The average molecular weight is 321 g/mol. The molecule has 1 aromatic heterocycles. The van der Waals surface area contributed by atoms with E-state index < -0.39 is 0 Å². The number of hydrogen-bond donors (Lipinski definition) is 1. The molecule has 2 aromatic rings. The number of amides is 1. The SMILES string of the molecule is CCOC(=O)CSc1ccc(NC(=O)c2cccs2)cc1. The molecule has 0 radical (unpaired) electrons. The second-order valence-electron chi connectivity index (χ2n) is 4.05. The van der Waals surface area contributed by atoms with E-state index in [-0.39, 0.29) is 17.6 Å². The minimum Gasteiger partial charge on any atom is -0.465 e. The van der Waals surface area contributed by atoms with Crippen molar-refractivity contribution in [3.8, 4) is 0 Å². The van der Waals surface area contributed by atoms with Gasteiger partial charge >= 0.3 is 5.97 Å². The fraction of sp³-hybridized carbons (Fsp3) is 0.200. The van der Waals surface area contributed by atoms with E-state index in [9.17, 15) is 9.59 Å². The number of nitrogens with one attached hydrogen (secondary N) is 1. The Hall–Kier alpha value is -1.79. The third-order valence-electron chi connectivity index (χ3n) is 2.52. The van der Waals surface area contributed by atoms with Crippen molar-refractivity contribution in [2.24, 2.45) is 0 Å². The van der Waals surface area contributed by atoms with Crippen molar-refractivity contribution in [3.63, 3.8) is 0 Å². The molecule has 0 aliphatic heterocycles. The summed E-state index contributed by atoms with van der Waals surface area (Å²) in [6.07, 6.45) is 0. The minimum atomic E-state index is -0.224. The second-order valence-corrected chi connectivity index (χ2v) is 6.05. The lowest BCUT2D eigenvalue weighted by atomic mass is 10.3. The normalized spacial score (nSPS) is 10.1. The number of rotatable bonds is 6. The van der Waals surface area contributed by atoms with Crippen LogP contribution in [0.2, 0.25) is 0 Å². The lowest BCUT2D eigenvalue weighted by molar-refractivity contribution is -0.139. The number of carbonyl (C=O) groups is 2. The van der Waals surface area contributed by atoms with E-state index in [4.69, 9.17) is 4.74 Å². The first-order valence-corrected chi connectivity index (χ1v) is 8.29. The fourth-order valence-corrected chi connectivity index (χ4v) is 2.90. The third kappa shape index (κ3) is 4.91. The summed E-state index contributed by atoms with van der Waals surface area (Å²) >= 11 is 2.81. The molecule has 0 spiro atoms. The van der Waals surface area contributed by atoms with Gasteiger partial charge in [-0.2, -0.15) is 0 Å². The summed E-state index contributed by atoms with van der Waals surface area (Å²) in [4.78, 5) is 24.8. The van der Waals surface area contributed by atoms with Crippen molar-refractivity contribution in [1.82, 2.24) is 0 Å². The molecule has 1 heterocycles. The zero-order valence-electron chi connectivity index (χ0n) is 11.5. The number of ether oxygens (including phenoxy) is 1. The largest absolute Gasteiger partial charge is 0.465 e. The van der Waals surface area contributed by atoms with Gasteiger partial charge < -0.3 is 10.1 Å². The van der Waals surface area contributed by atoms with Gasteiger partial charge in [0, 0.05) is 10.6 Å². The Morgan fingerprint density at radius 3 is 2.62 bits per heavy atom. The molecular weight excluding hydrogens is 306 g/mol. The predicted molar refractivity (Wildman–Crippen MR) is 86.1 cm³/mol. The summed E-state index contributed by atoms with van der Waals surface area (Å²) in [6.45, 7) is 2.18. The van der Waals surface area contributed by atoms with Gasteiger partial charge in [-0.1, -0.05) is 6.07 Å². The number of carbonyl (C=O) groups excluding carboxylic acids is 2. The van der Waals surface area contributed by atoms with Gasteiger partial charge in [-0.05, 0) is 42.6 Å². The van der Waals surface area contributed by atoms with Crippen LogP contribution in [0.5, 0.6) is 0 Å². The van der Waals surface area contributed by atoms with E-state index in [1.54, 1.807) is 13.0 Å². The van der Waals surface area contributed by atoms with Gasteiger partial charge in [0.15, 0.2) is 0 Å². The van der Waals surface area contributed by atoms with Gasteiger partial charge in [-0.15, -0.1) is 23.1 Å². The van der Waals surface area contributed by atoms with Crippen LogP contribution in [0.25, 0.3) is 0 Å². The maximum Gasteiger partial charge on any atom is 0.316 e. The first kappa shape index (κ1) is 15.6. The molecule has 0 unspecified atom stereocenters. The van der Waals surface area contributed by atoms with Crippen LogP contribution in [0.3, 0.4) is 0 Å². The number of esters is 1. The Kier molecular flexibility index (Phi) is 5.83. The molecule has 0 aliphatic carbocycles. The van der Waals surface area contributed by atoms with E-state index >= 15 is 0 Å². The van der Waals surface area contributed by atoms with Crippen molar-refractivity contribution in [3.05, 3.63) is 46.7 Å². The Balaban J connectivity index is 1.87. The number of benzene rings is 1. The summed E-state index contributed by atoms with van der Waals surface area (Å²) in [6, 6.07) is 11.0. The Morgan fingerprint density at radius 2 is 2.00 bits per heavy atom. The van der Waals surface area contributed by atoms with Gasteiger partial charge in [0.05, 0.1) is 17.2 Å². The molecule has 1 aromatic carbocycles. The van der Waals surface area contributed by atoms with E-state index in [2.05, 4.69) is 5.32 Å². The smallest absolute Gasteiger partial charge is 0.316 e. The lowest BCUT2D eigenvalue weighted by Crippen LogP contribution is -2.09. The number of hydrogen-bond acceptors (Lipinski definition) is 5. The van der Waals surface area contributed by atoms with Crippen LogP contribution in [-0.4, -0.2) is 24.2 Å². The summed E-state index contributed by atoms with van der Waals surface area (Å²) in [5.74, 6) is -0.0520. The van der Waals surface area contributed by atoms with E-state index in [1.807, 2.05) is 35.7 Å². The summed E-state index contributed by atoms with van der Waals surface area (Å²) in [5.41, 5.74) is 0.730. The molecule has 1 N–H and O–H groups in total. The Morgan fingerprint density at radius 1 is 1.24 bits per heavy atom. The second kappa shape index (κ2) is 7.85. The highest BCUT2D eigenvalue weighted by molar-refractivity contribution is 8.00. The molecule has 0 bridgehead atoms. The van der Waals surface area contributed by atoms with Gasteiger partial charge in [-0.25, -0.2) is 0 Å². The molecule has 0 fully saturated rings. The molecule has 0 aliphatic rings. The van der Waals surface area contributed by atoms with Gasteiger partial charge in [0.25, 0.3) is 5.91 Å². The van der Waals surface area contributed by atoms with E-state index in [0.717, 1.165) is 10.6 Å². The highest BCUT2D eigenvalue weighted by Gasteiger charge is 2.07. The topological polar surface area (TPSA) is 55.4 Å². The van der Waals surface area contributed by atoms with Crippen molar-refractivity contribution in [2.75, 3.05) is 17.7 Å². The van der Waals surface area contributed by atoms with Crippen molar-refractivity contribution in [1.29, 1.82) is 0 Å². The lowest BCUT2D eigenvalue weighted by Gasteiger charge is -2.05. The average Bonchev–Trinajstić information content (AvgIpc) is 3.01. The minimum absolute atomic E-state index is 0.114. The molecule has 6 heteroatoms. The van der Waals surface area contributed by atoms with Crippen LogP contribution in [0.1, 0.15) is 16.6 Å². The van der Waals surface area contributed by atoms with Crippen molar-refractivity contribution in [2.45, 2.75) is 11.8 Å². The van der Waals surface area contributed by atoms with Crippen LogP contribution in [-0.2, 0) is 9.53 Å². The van der Waals surface area contributed by atoms with Crippen LogP contribution in [0.4, 0.5) is 5.69 Å². The molecule has 110 valence electrons. The van der Waals surface area contributed by atoms with Crippen LogP contribution < -0.4 is 5.32 Å². The summed E-state index contributed by atoms with van der Waals surface area (Å²) < 4.78 is 4.87. The maximum absolute atomic E-state index is 11.9. The van der Waals surface area contributed by atoms with Crippen LogP contribution >= 0.6 is 23.1 Å². The molecule has 2 rings (SSSR count). The predicted octanol–water partition coefficient (Wildman–Crippen LogP) is 3.66. The van der Waals surface area contributed by atoms with E-state index in [1.165, 1.54) is 23.1 Å². The van der Waals surface area contributed by atoms with Crippen LogP contribution in [0.15, 0.2) is 46.7 Å². The van der Waals surface area contributed by atoms with Crippen LogP contribution in [0, 0.1) is 0 Å². The molecular formula is C15H15NO3S2. The number of thiophene rings is 1. The first-order valence-electron chi connectivity index (χ1n) is 6.42. The van der Waals surface area contributed by atoms with Crippen molar-refractivity contribution >= 4 is 40.7 Å². The summed E-state index contributed by atoms with van der Waals surface area (Å²) in [7, 11) is 0. The molecule has 1 amide bonds. The third-order valence-corrected chi connectivity index (χ3v) is 4.37. The fourth-order valence-electron chi connectivity index (χ4n) is 1.58.